The molecular formula is C26H30N2O6. The highest BCUT2D eigenvalue weighted by molar-refractivity contribution is 5.86. The highest BCUT2D eigenvalue weighted by atomic mass is 16.5. The minimum Gasteiger partial charge on any atom is -0.481 e. The van der Waals surface area contributed by atoms with Gasteiger partial charge in [0.1, 0.15) is 18.6 Å². The number of amides is 2. The van der Waals surface area contributed by atoms with Crippen LogP contribution in [0, 0.1) is 5.92 Å². The van der Waals surface area contributed by atoms with Crippen LogP contribution in [0.4, 0.5) is 4.79 Å². The predicted octanol–water partition coefficient (Wildman–Crippen LogP) is 3.25. The molecule has 4 rings (SSSR count). The normalized spacial score (nSPS) is 19.7. The molecule has 0 radical (unpaired) electrons. The Bertz CT molecular complexity index is 1030. The average molecular weight is 467 g/mol. The Kier molecular flexibility index (Phi) is 7.17. The standard InChI is InChI=1S/C26H30N2O6/c1-3-22(24(29)28(4-2)23-15-33-13-21(23)25(30)31)27-26(32)34-14-20-18-11-7-5-9-16(18)17-10-6-8-12-19(17)20/h5-12,20-23H,3-4,13-15H2,1-2H3,(H,27,32)(H,30,31). The molecule has 0 spiro atoms. The maximum absolute atomic E-state index is 13.2. The lowest BCUT2D eigenvalue weighted by Gasteiger charge is -2.32. The number of hydrogen-bond donors (Lipinski definition) is 2. The van der Waals surface area contributed by atoms with Gasteiger partial charge < -0.3 is 24.8 Å². The molecule has 2 amide bonds. The molecule has 180 valence electrons. The van der Waals surface area contributed by atoms with E-state index in [0.717, 1.165) is 22.3 Å². The van der Waals surface area contributed by atoms with Crippen molar-refractivity contribution in [2.24, 2.45) is 5.92 Å². The molecule has 1 fully saturated rings. The monoisotopic (exact) mass is 466 g/mol. The lowest BCUT2D eigenvalue weighted by Crippen LogP contribution is -2.54. The molecule has 3 atom stereocenters. The number of hydrogen-bond acceptors (Lipinski definition) is 5. The zero-order valence-electron chi connectivity index (χ0n) is 19.4. The Labute approximate surface area is 198 Å². The van der Waals surface area contributed by atoms with Gasteiger partial charge in [-0.2, -0.15) is 0 Å². The number of likely N-dealkylation sites (N-methyl/N-ethyl adjacent to an activating group) is 1. The van der Waals surface area contributed by atoms with Gasteiger partial charge in [-0.3, -0.25) is 9.59 Å². The van der Waals surface area contributed by atoms with Gasteiger partial charge in [-0.05, 0) is 35.6 Å². The van der Waals surface area contributed by atoms with Gasteiger partial charge in [-0.1, -0.05) is 55.5 Å². The topological polar surface area (TPSA) is 105 Å². The quantitative estimate of drug-likeness (QED) is 0.619. The maximum Gasteiger partial charge on any atom is 0.407 e. The van der Waals surface area contributed by atoms with Crippen molar-refractivity contribution in [1.82, 2.24) is 10.2 Å². The van der Waals surface area contributed by atoms with Crippen molar-refractivity contribution in [3.63, 3.8) is 0 Å². The maximum atomic E-state index is 13.2. The summed E-state index contributed by atoms with van der Waals surface area (Å²) in [6, 6.07) is 14.8. The average Bonchev–Trinajstić information content (AvgIpc) is 3.45. The van der Waals surface area contributed by atoms with Gasteiger partial charge in [0.2, 0.25) is 5.91 Å². The van der Waals surface area contributed by atoms with E-state index >= 15 is 0 Å². The highest BCUT2D eigenvalue weighted by Crippen LogP contribution is 2.44. The first-order chi connectivity index (χ1) is 16.5. The summed E-state index contributed by atoms with van der Waals surface area (Å²) in [5.74, 6) is -2.18. The summed E-state index contributed by atoms with van der Waals surface area (Å²) in [4.78, 5) is 38.9. The molecule has 2 aromatic carbocycles. The molecule has 8 nitrogen and oxygen atoms in total. The van der Waals surface area contributed by atoms with Crippen LogP contribution in [0.25, 0.3) is 11.1 Å². The number of fused-ring (bicyclic) bond motifs is 3. The molecule has 2 N–H and O–H groups in total. The van der Waals surface area contributed by atoms with Crippen LogP contribution in [0.5, 0.6) is 0 Å². The largest absolute Gasteiger partial charge is 0.481 e. The van der Waals surface area contributed by atoms with E-state index in [-0.39, 0.29) is 31.6 Å². The number of ether oxygens (including phenoxy) is 2. The Morgan fingerprint density at radius 2 is 1.68 bits per heavy atom. The third kappa shape index (κ3) is 4.50. The number of nitrogens with zero attached hydrogens (tertiary/aromatic N) is 1. The van der Waals surface area contributed by atoms with Crippen molar-refractivity contribution in [3.8, 4) is 11.1 Å². The predicted molar refractivity (Wildman–Crippen MR) is 125 cm³/mol. The van der Waals surface area contributed by atoms with Crippen molar-refractivity contribution >= 4 is 18.0 Å². The van der Waals surface area contributed by atoms with Gasteiger partial charge in [0.25, 0.3) is 0 Å². The van der Waals surface area contributed by atoms with E-state index in [2.05, 4.69) is 17.4 Å². The number of carbonyl (C=O) groups excluding carboxylic acids is 2. The molecule has 0 aromatic heterocycles. The van der Waals surface area contributed by atoms with E-state index < -0.39 is 30.1 Å². The molecule has 1 heterocycles. The minimum absolute atomic E-state index is 0.0698. The first kappa shape index (κ1) is 23.8. The number of carbonyl (C=O) groups is 3. The van der Waals surface area contributed by atoms with Gasteiger partial charge in [0.15, 0.2) is 0 Å². The summed E-state index contributed by atoms with van der Waals surface area (Å²) in [6.45, 7) is 4.28. The molecule has 34 heavy (non-hydrogen) atoms. The second kappa shape index (κ2) is 10.3. The number of carboxylic acid groups (broad SMARTS) is 1. The van der Waals surface area contributed by atoms with Crippen LogP contribution in [0.2, 0.25) is 0 Å². The number of rotatable bonds is 8. The molecule has 0 bridgehead atoms. The van der Waals surface area contributed by atoms with Gasteiger partial charge in [0, 0.05) is 12.5 Å². The van der Waals surface area contributed by atoms with Crippen molar-refractivity contribution in [1.29, 1.82) is 0 Å². The molecule has 8 heteroatoms. The van der Waals surface area contributed by atoms with Crippen LogP contribution >= 0.6 is 0 Å². The third-order valence-corrected chi connectivity index (χ3v) is 6.73. The van der Waals surface area contributed by atoms with E-state index in [1.54, 1.807) is 13.8 Å². The molecule has 2 aliphatic rings. The summed E-state index contributed by atoms with van der Waals surface area (Å²) >= 11 is 0. The fourth-order valence-corrected chi connectivity index (χ4v) is 4.96. The van der Waals surface area contributed by atoms with Gasteiger partial charge in [-0.15, -0.1) is 0 Å². The first-order valence-electron chi connectivity index (χ1n) is 11.7. The summed E-state index contributed by atoms with van der Waals surface area (Å²) in [5, 5.41) is 12.1. The zero-order chi connectivity index (χ0) is 24.2. The minimum atomic E-state index is -0.994. The Morgan fingerprint density at radius 3 is 2.24 bits per heavy atom. The zero-order valence-corrected chi connectivity index (χ0v) is 19.4. The number of aliphatic carboxylic acids is 1. The second-order valence-corrected chi connectivity index (χ2v) is 8.60. The van der Waals surface area contributed by atoms with Gasteiger partial charge >= 0.3 is 12.1 Å². The highest BCUT2D eigenvalue weighted by Gasteiger charge is 2.41. The van der Waals surface area contributed by atoms with Crippen LogP contribution in [-0.4, -0.2) is 66.4 Å². The summed E-state index contributed by atoms with van der Waals surface area (Å²) < 4.78 is 10.9. The summed E-state index contributed by atoms with van der Waals surface area (Å²) in [5.41, 5.74) is 4.49. The molecular weight excluding hydrogens is 436 g/mol. The molecule has 2 aromatic rings. The van der Waals surface area contributed by atoms with Crippen LogP contribution in [0.15, 0.2) is 48.5 Å². The molecule has 0 saturated carbocycles. The van der Waals surface area contributed by atoms with Crippen LogP contribution in [-0.2, 0) is 19.1 Å². The number of alkyl carbamates (subject to hydrolysis) is 1. The third-order valence-electron chi connectivity index (χ3n) is 6.73. The van der Waals surface area contributed by atoms with Crippen LogP contribution in [0.3, 0.4) is 0 Å². The van der Waals surface area contributed by atoms with E-state index in [9.17, 15) is 19.5 Å². The number of benzene rings is 2. The fraction of sp³-hybridized carbons (Fsp3) is 0.423. The number of carboxylic acids is 1. The smallest absolute Gasteiger partial charge is 0.407 e. The first-order valence-corrected chi connectivity index (χ1v) is 11.7. The van der Waals surface area contributed by atoms with E-state index in [4.69, 9.17) is 9.47 Å². The fourth-order valence-electron chi connectivity index (χ4n) is 4.96. The van der Waals surface area contributed by atoms with Crippen molar-refractivity contribution < 1.29 is 29.0 Å². The van der Waals surface area contributed by atoms with E-state index in [1.165, 1.54) is 4.90 Å². The van der Waals surface area contributed by atoms with E-state index in [1.807, 2.05) is 36.4 Å². The number of nitrogens with one attached hydrogen (secondary N) is 1. The van der Waals surface area contributed by atoms with Crippen molar-refractivity contribution in [2.45, 2.75) is 38.3 Å². The SMILES string of the molecule is CCC(NC(=O)OCC1c2ccccc2-c2ccccc21)C(=O)N(CC)C1COCC1C(=O)O. The Balaban J connectivity index is 1.41. The second-order valence-electron chi connectivity index (χ2n) is 8.60. The molecule has 1 aliphatic carbocycles. The Hall–Kier alpha value is -3.39. The van der Waals surface area contributed by atoms with Crippen molar-refractivity contribution in [3.05, 3.63) is 59.7 Å². The van der Waals surface area contributed by atoms with E-state index in [0.29, 0.717) is 13.0 Å². The van der Waals surface area contributed by atoms with Crippen LogP contribution in [0.1, 0.15) is 37.3 Å². The van der Waals surface area contributed by atoms with Gasteiger partial charge in [0.05, 0.1) is 19.3 Å². The Morgan fingerprint density at radius 1 is 1.06 bits per heavy atom. The van der Waals surface area contributed by atoms with Crippen molar-refractivity contribution in [2.75, 3.05) is 26.4 Å². The van der Waals surface area contributed by atoms with Crippen LogP contribution < -0.4 is 5.32 Å². The van der Waals surface area contributed by atoms with Gasteiger partial charge in [-0.25, -0.2) is 4.79 Å². The lowest BCUT2D eigenvalue weighted by atomic mass is 9.98. The molecule has 3 unspecified atom stereocenters. The summed E-state index contributed by atoms with van der Waals surface area (Å²) in [6.07, 6.45) is -0.319. The molecule has 1 saturated heterocycles. The summed E-state index contributed by atoms with van der Waals surface area (Å²) in [7, 11) is 0. The molecule has 1 aliphatic heterocycles. The lowest BCUT2D eigenvalue weighted by molar-refractivity contribution is -0.145.